The Kier molecular flexibility index (Phi) is 4.24. The van der Waals surface area contributed by atoms with Crippen molar-refractivity contribution in [2.45, 2.75) is 32.4 Å². The van der Waals surface area contributed by atoms with Crippen LogP contribution in [0.3, 0.4) is 0 Å². The van der Waals surface area contributed by atoms with Crippen LogP contribution >= 0.6 is 11.6 Å². The summed E-state index contributed by atoms with van der Waals surface area (Å²) in [5.74, 6) is 0.536. The van der Waals surface area contributed by atoms with Crippen molar-refractivity contribution in [2.75, 3.05) is 4.90 Å². The van der Waals surface area contributed by atoms with Crippen LogP contribution in [0.15, 0.2) is 54.9 Å². The zero-order chi connectivity index (χ0) is 18.3. The lowest BCUT2D eigenvalue weighted by molar-refractivity contribution is -0.117. The van der Waals surface area contributed by atoms with E-state index < -0.39 is 0 Å². The number of hydrogen-bond donors (Lipinski definition) is 0. The Morgan fingerprint density at radius 2 is 1.65 bits per heavy atom. The normalized spacial score (nSPS) is 19.3. The molecule has 26 heavy (non-hydrogen) atoms. The van der Waals surface area contributed by atoms with Gasteiger partial charge in [-0.05, 0) is 36.6 Å². The van der Waals surface area contributed by atoms with E-state index in [9.17, 15) is 4.79 Å². The molecule has 1 aromatic heterocycles. The first-order valence-corrected chi connectivity index (χ1v) is 8.93. The predicted molar refractivity (Wildman–Crippen MR) is 101 cm³/mol. The SMILES string of the molecule is CC(=O)N1c2ncnn2[C@H](c2ccc(Cl)cc2)C[C@H]1c1ccc(C)cc1. The number of nitrogens with zero attached hydrogens (tertiary/aromatic N) is 4. The van der Waals surface area contributed by atoms with Gasteiger partial charge in [-0.25, -0.2) is 4.68 Å². The van der Waals surface area contributed by atoms with Gasteiger partial charge in [-0.1, -0.05) is 53.6 Å². The number of aryl methyl sites for hydroxylation is 1. The average Bonchev–Trinajstić information content (AvgIpc) is 3.11. The molecule has 0 radical (unpaired) electrons. The highest BCUT2D eigenvalue weighted by molar-refractivity contribution is 6.30. The fourth-order valence-corrected chi connectivity index (χ4v) is 3.71. The van der Waals surface area contributed by atoms with Gasteiger partial charge < -0.3 is 0 Å². The number of anilines is 1. The zero-order valence-electron chi connectivity index (χ0n) is 14.6. The third kappa shape index (κ3) is 2.88. The van der Waals surface area contributed by atoms with E-state index in [4.69, 9.17) is 11.6 Å². The Morgan fingerprint density at radius 3 is 2.31 bits per heavy atom. The van der Waals surface area contributed by atoms with E-state index in [2.05, 4.69) is 41.3 Å². The predicted octanol–water partition coefficient (Wildman–Crippen LogP) is 4.33. The molecule has 0 spiro atoms. The van der Waals surface area contributed by atoms with Gasteiger partial charge >= 0.3 is 0 Å². The quantitative estimate of drug-likeness (QED) is 0.678. The fraction of sp³-hybridized carbons (Fsp3) is 0.250. The monoisotopic (exact) mass is 366 g/mol. The molecule has 3 aromatic rings. The van der Waals surface area contributed by atoms with Gasteiger partial charge in [0.1, 0.15) is 6.33 Å². The van der Waals surface area contributed by atoms with Crippen LogP contribution in [-0.4, -0.2) is 20.7 Å². The van der Waals surface area contributed by atoms with Crippen LogP contribution in [0.2, 0.25) is 5.02 Å². The van der Waals surface area contributed by atoms with Gasteiger partial charge in [0, 0.05) is 11.9 Å². The van der Waals surface area contributed by atoms with Crippen LogP contribution in [0.25, 0.3) is 0 Å². The molecule has 132 valence electrons. The van der Waals surface area contributed by atoms with Crippen LogP contribution in [0.5, 0.6) is 0 Å². The first-order chi connectivity index (χ1) is 12.5. The summed E-state index contributed by atoms with van der Waals surface area (Å²) in [5, 5.41) is 5.09. The lowest BCUT2D eigenvalue weighted by atomic mass is 9.91. The Morgan fingerprint density at radius 1 is 1.04 bits per heavy atom. The molecule has 0 aliphatic carbocycles. The average molecular weight is 367 g/mol. The number of carbonyl (C=O) groups is 1. The number of rotatable bonds is 2. The van der Waals surface area contributed by atoms with Crippen LogP contribution in [0, 0.1) is 6.92 Å². The molecular weight excluding hydrogens is 348 g/mol. The molecule has 1 aliphatic heterocycles. The van der Waals surface area contributed by atoms with Crippen LogP contribution in [0.4, 0.5) is 5.95 Å². The van der Waals surface area contributed by atoms with Crippen molar-refractivity contribution >= 4 is 23.5 Å². The maximum Gasteiger partial charge on any atom is 0.231 e. The molecule has 0 bridgehead atoms. The molecule has 1 amide bonds. The van der Waals surface area contributed by atoms with Gasteiger partial charge in [0.2, 0.25) is 11.9 Å². The standard InChI is InChI=1S/C20H19ClN4O/c1-13-3-5-15(6-4-13)18-11-19(16-7-9-17(21)10-8-16)25-20(22-12-23-25)24(18)14(2)26/h3-10,12,18-19H,11H2,1-2H3/t18-,19-/m0/s1. The van der Waals surface area contributed by atoms with E-state index in [1.807, 2.05) is 28.9 Å². The number of benzene rings is 2. The third-order valence-electron chi connectivity index (χ3n) is 4.88. The highest BCUT2D eigenvalue weighted by atomic mass is 35.5. The maximum absolute atomic E-state index is 12.4. The second-order valence-corrected chi connectivity index (χ2v) is 7.06. The highest BCUT2D eigenvalue weighted by Crippen LogP contribution is 2.41. The number of carbonyl (C=O) groups excluding carboxylic acids is 1. The molecular formula is C20H19ClN4O. The van der Waals surface area contributed by atoms with Crippen molar-refractivity contribution in [3.05, 3.63) is 76.6 Å². The van der Waals surface area contributed by atoms with E-state index in [0.717, 1.165) is 17.5 Å². The number of fused-ring (bicyclic) bond motifs is 1. The minimum absolute atomic E-state index is 0.00771. The molecule has 0 fully saturated rings. The fourth-order valence-electron chi connectivity index (χ4n) is 3.59. The number of halogens is 1. The maximum atomic E-state index is 12.4. The minimum atomic E-state index is -0.0921. The number of aromatic nitrogens is 3. The second-order valence-electron chi connectivity index (χ2n) is 6.62. The summed E-state index contributed by atoms with van der Waals surface area (Å²) in [6, 6.07) is 16.0. The first kappa shape index (κ1) is 16.8. The number of hydrogen-bond acceptors (Lipinski definition) is 3. The molecule has 0 saturated carbocycles. The smallest absolute Gasteiger partial charge is 0.231 e. The molecule has 0 N–H and O–H groups in total. The Balaban J connectivity index is 1.82. The van der Waals surface area contributed by atoms with Crippen molar-refractivity contribution in [2.24, 2.45) is 0 Å². The lowest BCUT2D eigenvalue weighted by Crippen LogP contribution is -2.41. The summed E-state index contributed by atoms with van der Waals surface area (Å²) in [7, 11) is 0. The molecule has 2 atom stereocenters. The minimum Gasteiger partial charge on any atom is -0.275 e. The zero-order valence-corrected chi connectivity index (χ0v) is 15.4. The molecule has 4 rings (SSSR count). The largest absolute Gasteiger partial charge is 0.275 e. The van der Waals surface area contributed by atoms with Crippen molar-refractivity contribution in [3.63, 3.8) is 0 Å². The van der Waals surface area contributed by atoms with Crippen molar-refractivity contribution in [1.82, 2.24) is 14.8 Å². The molecule has 2 heterocycles. The Bertz CT molecular complexity index is 933. The summed E-state index contributed by atoms with van der Waals surface area (Å²) in [4.78, 5) is 18.5. The summed E-state index contributed by atoms with van der Waals surface area (Å²) < 4.78 is 1.83. The highest BCUT2D eigenvalue weighted by Gasteiger charge is 2.37. The second kappa shape index (κ2) is 6.57. The van der Waals surface area contributed by atoms with Gasteiger partial charge in [0.05, 0.1) is 12.1 Å². The van der Waals surface area contributed by atoms with Crippen molar-refractivity contribution in [3.8, 4) is 0 Å². The van der Waals surface area contributed by atoms with Gasteiger partial charge in [-0.15, -0.1) is 0 Å². The summed E-state index contributed by atoms with van der Waals surface area (Å²) >= 11 is 6.05. The summed E-state index contributed by atoms with van der Waals surface area (Å²) in [6.07, 6.45) is 2.23. The van der Waals surface area contributed by atoms with Crippen molar-refractivity contribution < 1.29 is 4.79 Å². The van der Waals surface area contributed by atoms with Crippen LogP contribution < -0.4 is 4.90 Å². The topological polar surface area (TPSA) is 51.0 Å². The van der Waals surface area contributed by atoms with Crippen molar-refractivity contribution in [1.29, 1.82) is 0 Å². The first-order valence-electron chi connectivity index (χ1n) is 8.56. The van der Waals surface area contributed by atoms with E-state index in [1.54, 1.807) is 11.8 Å². The van der Waals surface area contributed by atoms with Gasteiger partial charge in [0.15, 0.2) is 0 Å². The molecule has 2 aromatic carbocycles. The molecule has 6 heteroatoms. The van der Waals surface area contributed by atoms with E-state index in [-0.39, 0.29) is 18.0 Å². The van der Waals surface area contributed by atoms with Crippen LogP contribution in [0.1, 0.15) is 42.1 Å². The molecule has 0 unspecified atom stereocenters. The van der Waals surface area contributed by atoms with Gasteiger partial charge in [-0.2, -0.15) is 10.1 Å². The summed E-state index contributed by atoms with van der Waals surface area (Å²) in [5.41, 5.74) is 3.39. The third-order valence-corrected chi connectivity index (χ3v) is 5.13. The molecule has 0 saturated heterocycles. The van der Waals surface area contributed by atoms with Crippen LogP contribution in [-0.2, 0) is 4.79 Å². The lowest BCUT2D eigenvalue weighted by Gasteiger charge is -2.38. The summed E-state index contributed by atoms with van der Waals surface area (Å²) in [6.45, 7) is 3.63. The van der Waals surface area contributed by atoms with Gasteiger partial charge in [-0.3, -0.25) is 9.69 Å². The van der Waals surface area contributed by atoms with E-state index in [1.165, 1.54) is 11.9 Å². The molecule has 1 aliphatic rings. The van der Waals surface area contributed by atoms with E-state index >= 15 is 0 Å². The Hall–Kier alpha value is -2.66. The Labute approximate surface area is 157 Å². The molecule has 5 nitrogen and oxygen atoms in total. The number of amides is 1. The van der Waals surface area contributed by atoms with E-state index in [0.29, 0.717) is 11.0 Å². The van der Waals surface area contributed by atoms with Gasteiger partial charge in [0.25, 0.3) is 0 Å².